The van der Waals surface area contributed by atoms with Crippen LogP contribution in [0.5, 0.6) is 5.75 Å². The monoisotopic (exact) mass is 330 g/mol. The van der Waals surface area contributed by atoms with Gasteiger partial charge in [-0.2, -0.15) is 0 Å². The maximum Gasteiger partial charge on any atom is 0.247 e. The molecule has 0 aromatic heterocycles. The number of nitrogens with two attached hydrogens (primary N) is 1. The van der Waals surface area contributed by atoms with Gasteiger partial charge in [0.05, 0.1) is 18.2 Å². The second kappa shape index (κ2) is 6.22. The van der Waals surface area contributed by atoms with E-state index in [1.165, 1.54) is 5.56 Å². The number of hydrogen-bond acceptors (Lipinski definition) is 3. The van der Waals surface area contributed by atoms with Crippen LogP contribution in [0.15, 0.2) is 42.5 Å². The van der Waals surface area contributed by atoms with Gasteiger partial charge in [0.1, 0.15) is 11.8 Å². The van der Waals surface area contributed by atoms with Gasteiger partial charge in [-0.15, -0.1) is 0 Å². The molecule has 0 aliphatic carbocycles. The third kappa shape index (κ3) is 2.69. The predicted octanol–water partition coefficient (Wildman–Crippen LogP) is 3.33. The molecule has 0 spiro atoms. The average Bonchev–Trinajstić information content (AvgIpc) is 2.58. The Bertz CT molecular complexity index is 730. The first-order valence-electron chi connectivity index (χ1n) is 7.57. The summed E-state index contributed by atoms with van der Waals surface area (Å²) in [6.45, 7) is 2.11. The number of methoxy groups -OCH3 is 1. The fourth-order valence-corrected chi connectivity index (χ4v) is 3.16. The number of nitrogens with zero attached hydrogens (tertiary/aromatic N) is 1. The first kappa shape index (κ1) is 15.8. The van der Waals surface area contributed by atoms with Gasteiger partial charge in [0.2, 0.25) is 5.91 Å². The molecule has 1 heterocycles. The molecule has 0 radical (unpaired) electrons. The minimum atomic E-state index is -0.525. The van der Waals surface area contributed by atoms with Crippen molar-refractivity contribution in [2.75, 3.05) is 12.0 Å². The van der Waals surface area contributed by atoms with Crippen LogP contribution < -0.4 is 15.4 Å². The van der Waals surface area contributed by atoms with Gasteiger partial charge in [0.15, 0.2) is 0 Å². The topological polar surface area (TPSA) is 55.6 Å². The van der Waals surface area contributed by atoms with E-state index >= 15 is 0 Å². The highest BCUT2D eigenvalue weighted by molar-refractivity contribution is 6.32. The lowest BCUT2D eigenvalue weighted by molar-refractivity contribution is -0.126. The van der Waals surface area contributed by atoms with Crippen molar-refractivity contribution in [1.29, 1.82) is 0 Å². The van der Waals surface area contributed by atoms with Crippen LogP contribution in [-0.2, 0) is 11.2 Å². The summed E-state index contributed by atoms with van der Waals surface area (Å²) >= 11 is 6.18. The van der Waals surface area contributed by atoms with E-state index in [4.69, 9.17) is 22.1 Å². The molecule has 1 amide bonds. The molecule has 2 aromatic carbocycles. The minimum Gasteiger partial charge on any atom is -0.495 e. The summed E-state index contributed by atoms with van der Waals surface area (Å²) < 4.78 is 5.16. The fourth-order valence-electron chi connectivity index (χ4n) is 2.91. The zero-order valence-corrected chi connectivity index (χ0v) is 13.9. The van der Waals surface area contributed by atoms with Crippen molar-refractivity contribution in [3.8, 4) is 5.75 Å². The van der Waals surface area contributed by atoms with Crippen LogP contribution in [0.25, 0.3) is 0 Å². The molecule has 2 atom stereocenters. The number of carbonyl (C=O) groups is 1. The quantitative estimate of drug-likeness (QED) is 0.875. The van der Waals surface area contributed by atoms with Crippen molar-refractivity contribution >= 4 is 23.2 Å². The standard InChI is InChI=1S/C18H19ClN2O2/c1-3-11-4-6-12(7-5-11)17-16(20)18(22)21(17)13-8-9-15(23-2)14(19)10-13/h4-10,16-17H,3,20H2,1-2H3. The van der Waals surface area contributed by atoms with Gasteiger partial charge in [-0.25, -0.2) is 0 Å². The molecule has 3 rings (SSSR count). The van der Waals surface area contributed by atoms with Gasteiger partial charge < -0.3 is 15.4 Å². The predicted molar refractivity (Wildman–Crippen MR) is 92.0 cm³/mol. The summed E-state index contributed by atoms with van der Waals surface area (Å²) in [7, 11) is 1.56. The molecular weight excluding hydrogens is 312 g/mol. The number of rotatable bonds is 4. The number of β-lactam (4-membered cyclic amide) rings is 1. The van der Waals surface area contributed by atoms with E-state index in [1.54, 1.807) is 24.1 Å². The van der Waals surface area contributed by atoms with Crippen molar-refractivity contribution in [1.82, 2.24) is 0 Å². The van der Waals surface area contributed by atoms with Crippen LogP contribution in [0.1, 0.15) is 24.1 Å². The molecule has 2 unspecified atom stereocenters. The van der Waals surface area contributed by atoms with Crippen LogP contribution in [0.2, 0.25) is 5.02 Å². The normalized spacial score (nSPS) is 20.3. The molecule has 120 valence electrons. The number of carbonyl (C=O) groups excluding carboxylic acids is 1. The van der Waals surface area contributed by atoms with E-state index in [0.717, 1.165) is 17.7 Å². The average molecular weight is 331 g/mol. The largest absolute Gasteiger partial charge is 0.495 e. The number of benzene rings is 2. The van der Waals surface area contributed by atoms with Gasteiger partial charge in [0, 0.05) is 5.69 Å². The zero-order valence-electron chi connectivity index (χ0n) is 13.1. The number of halogens is 1. The smallest absolute Gasteiger partial charge is 0.247 e. The molecule has 1 aliphatic rings. The molecule has 4 nitrogen and oxygen atoms in total. The number of hydrogen-bond donors (Lipinski definition) is 1. The molecule has 2 aromatic rings. The summed E-state index contributed by atoms with van der Waals surface area (Å²) in [6.07, 6.45) is 0.980. The Morgan fingerprint density at radius 2 is 1.91 bits per heavy atom. The summed E-state index contributed by atoms with van der Waals surface area (Å²) in [5.41, 5.74) is 9.06. The lowest BCUT2D eigenvalue weighted by atomic mass is 9.88. The fraction of sp³-hybridized carbons (Fsp3) is 0.278. The van der Waals surface area contributed by atoms with Crippen molar-refractivity contribution in [2.45, 2.75) is 25.4 Å². The highest BCUT2D eigenvalue weighted by Gasteiger charge is 2.46. The third-order valence-corrected chi connectivity index (χ3v) is 4.58. The summed E-state index contributed by atoms with van der Waals surface area (Å²) in [4.78, 5) is 14.0. The summed E-state index contributed by atoms with van der Waals surface area (Å²) in [5, 5.41) is 0.471. The van der Waals surface area contributed by atoms with Gasteiger partial charge in [-0.3, -0.25) is 4.79 Å². The highest BCUT2D eigenvalue weighted by atomic mass is 35.5. The second-order valence-corrected chi connectivity index (χ2v) is 6.00. The Morgan fingerprint density at radius 3 is 2.48 bits per heavy atom. The van der Waals surface area contributed by atoms with Gasteiger partial charge >= 0.3 is 0 Å². The zero-order chi connectivity index (χ0) is 16.6. The van der Waals surface area contributed by atoms with E-state index in [9.17, 15) is 4.79 Å². The highest BCUT2D eigenvalue weighted by Crippen LogP contribution is 2.40. The van der Waals surface area contributed by atoms with Crippen molar-refractivity contribution in [3.63, 3.8) is 0 Å². The Kier molecular flexibility index (Phi) is 4.28. The van der Waals surface area contributed by atoms with E-state index in [-0.39, 0.29) is 11.9 Å². The molecule has 5 heteroatoms. The van der Waals surface area contributed by atoms with Gasteiger partial charge in [0.25, 0.3) is 0 Å². The molecule has 23 heavy (non-hydrogen) atoms. The Hall–Kier alpha value is -2.04. The number of ether oxygens (including phenoxy) is 1. The molecule has 0 saturated carbocycles. The van der Waals surface area contributed by atoms with E-state index < -0.39 is 6.04 Å². The Balaban J connectivity index is 1.93. The van der Waals surface area contributed by atoms with Crippen LogP contribution in [0.4, 0.5) is 5.69 Å². The SMILES string of the molecule is CCc1ccc(C2C(N)C(=O)N2c2ccc(OC)c(Cl)c2)cc1. The lowest BCUT2D eigenvalue weighted by Gasteiger charge is -2.45. The van der Waals surface area contributed by atoms with Crippen LogP contribution >= 0.6 is 11.6 Å². The van der Waals surface area contributed by atoms with Crippen LogP contribution in [0.3, 0.4) is 0 Å². The number of aryl methyl sites for hydroxylation is 1. The van der Waals surface area contributed by atoms with Crippen molar-refractivity contribution < 1.29 is 9.53 Å². The first-order valence-corrected chi connectivity index (χ1v) is 7.95. The molecular formula is C18H19ClN2O2. The van der Waals surface area contributed by atoms with Gasteiger partial charge in [-0.1, -0.05) is 42.8 Å². The maximum atomic E-state index is 12.3. The van der Waals surface area contributed by atoms with E-state index in [2.05, 4.69) is 19.1 Å². The maximum absolute atomic E-state index is 12.3. The molecule has 0 bridgehead atoms. The van der Waals surface area contributed by atoms with Crippen molar-refractivity contribution in [3.05, 3.63) is 58.6 Å². The van der Waals surface area contributed by atoms with E-state index in [1.807, 2.05) is 18.2 Å². The van der Waals surface area contributed by atoms with Crippen LogP contribution in [-0.4, -0.2) is 19.1 Å². The molecule has 1 aliphatic heterocycles. The second-order valence-electron chi connectivity index (χ2n) is 5.59. The molecule has 1 fully saturated rings. The van der Waals surface area contributed by atoms with E-state index in [0.29, 0.717) is 10.8 Å². The third-order valence-electron chi connectivity index (χ3n) is 4.28. The van der Waals surface area contributed by atoms with Gasteiger partial charge in [-0.05, 0) is 35.7 Å². The summed E-state index contributed by atoms with van der Waals surface area (Å²) in [5.74, 6) is 0.479. The minimum absolute atomic E-state index is 0.101. The number of anilines is 1. The van der Waals surface area contributed by atoms with Crippen LogP contribution in [0, 0.1) is 0 Å². The lowest BCUT2D eigenvalue weighted by Crippen LogP contribution is -2.63. The van der Waals surface area contributed by atoms with Crippen molar-refractivity contribution in [2.24, 2.45) is 5.73 Å². The summed E-state index contributed by atoms with van der Waals surface area (Å²) in [6, 6.07) is 12.8. The Morgan fingerprint density at radius 1 is 1.22 bits per heavy atom. The number of amides is 1. The Labute approximate surface area is 140 Å². The molecule has 1 saturated heterocycles. The first-order chi connectivity index (χ1) is 11.1. The molecule has 2 N–H and O–H groups in total.